The van der Waals surface area contributed by atoms with Crippen LogP contribution in [0.5, 0.6) is 0 Å². The average molecular weight is 334 g/mol. The van der Waals surface area contributed by atoms with Crippen molar-refractivity contribution in [2.24, 2.45) is 7.05 Å². The number of rotatable bonds is 2. The minimum absolute atomic E-state index is 0.105. The third-order valence-electron chi connectivity index (χ3n) is 3.14. The van der Waals surface area contributed by atoms with Gasteiger partial charge < -0.3 is 5.73 Å². The highest BCUT2D eigenvalue weighted by molar-refractivity contribution is 9.10. The molecule has 0 aliphatic carbocycles. The maximum Gasteiger partial charge on any atom is 0.264 e. The topological polar surface area (TPSA) is 78.7 Å². The van der Waals surface area contributed by atoms with Crippen molar-refractivity contribution in [3.63, 3.8) is 0 Å². The molecule has 102 valence electrons. The fourth-order valence-electron chi connectivity index (χ4n) is 2.05. The minimum Gasteiger partial charge on any atom is -0.399 e. The highest BCUT2D eigenvalue weighted by Crippen LogP contribution is 2.20. The maximum atomic E-state index is 12.4. The molecule has 0 aliphatic heterocycles. The van der Waals surface area contributed by atoms with Gasteiger partial charge in [-0.3, -0.25) is 14.0 Å². The number of nitrogens with zero attached hydrogens (tertiary/aromatic N) is 4. The van der Waals surface area contributed by atoms with Crippen molar-refractivity contribution in [1.82, 2.24) is 19.3 Å². The van der Waals surface area contributed by atoms with Gasteiger partial charge in [-0.25, -0.2) is 4.98 Å². The summed E-state index contributed by atoms with van der Waals surface area (Å²) >= 11 is 3.45. The molecule has 2 heterocycles. The van der Waals surface area contributed by atoms with Gasteiger partial charge in [-0.2, -0.15) is 5.10 Å². The molecular weight excluding hydrogens is 322 g/mol. The Bertz CT molecular complexity index is 852. The molecule has 0 amide bonds. The first kappa shape index (κ1) is 12.9. The normalized spacial score (nSPS) is 11.1. The minimum atomic E-state index is -0.105. The molecule has 7 heteroatoms. The zero-order valence-electron chi connectivity index (χ0n) is 10.7. The molecule has 1 aromatic carbocycles. The Hall–Kier alpha value is -2.15. The summed E-state index contributed by atoms with van der Waals surface area (Å²) in [5.74, 6) is 0. The summed E-state index contributed by atoms with van der Waals surface area (Å²) in [6, 6.07) is 5.51. The number of nitrogen functional groups attached to an aromatic ring is 1. The highest BCUT2D eigenvalue weighted by atomic mass is 79.9. The lowest BCUT2D eigenvalue weighted by Gasteiger charge is -2.08. The van der Waals surface area contributed by atoms with Gasteiger partial charge in [0.2, 0.25) is 0 Å². The molecule has 0 aliphatic rings. The summed E-state index contributed by atoms with van der Waals surface area (Å²) in [5, 5.41) is 4.56. The van der Waals surface area contributed by atoms with Crippen LogP contribution in [-0.4, -0.2) is 19.3 Å². The molecule has 6 nitrogen and oxygen atoms in total. The van der Waals surface area contributed by atoms with Gasteiger partial charge >= 0.3 is 0 Å². The summed E-state index contributed by atoms with van der Waals surface area (Å²) in [4.78, 5) is 16.6. The number of nitrogens with two attached hydrogens (primary N) is 1. The van der Waals surface area contributed by atoms with Crippen LogP contribution in [-0.2, 0) is 13.6 Å². The second kappa shape index (κ2) is 4.75. The van der Waals surface area contributed by atoms with Gasteiger partial charge in [0.1, 0.15) is 11.7 Å². The molecule has 2 N–H and O–H groups in total. The van der Waals surface area contributed by atoms with Crippen molar-refractivity contribution in [3.8, 4) is 0 Å². The van der Waals surface area contributed by atoms with E-state index in [0.29, 0.717) is 23.3 Å². The van der Waals surface area contributed by atoms with E-state index >= 15 is 0 Å². The first-order chi connectivity index (χ1) is 9.56. The van der Waals surface area contributed by atoms with Gasteiger partial charge in [0.05, 0.1) is 12.7 Å². The molecule has 0 saturated carbocycles. The summed E-state index contributed by atoms with van der Waals surface area (Å²) in [7, 11) is 1.76. The second-order valence-electron chi connectivity index (χ2n) is 4.53. The Morgan fingerprint density at radius 3 is 2.95 bits per heavy atom. The van der Waals surface area contributed by atoms with Crippen molar-refractivity contribution in [2.75, 3.05) is 5.73 Å². The number of aryl methyl sites for hydroxylation is 1. The second-order valence-corrected chi connectivity index (χ2v) is 5.39. The third-order valence-corrected chi connectivity index (χ3v) is 3.87. The van der Waals surface area contributed by atoms with Crippen LogP contribution in [0.2, 0.25) is 0 Å². The van der Waals surface area contributed by atoms with Crippen LogP contribution in [0.3, 0.4) is 0 Å². The third kappa shape index (κ3) is 2.09. The SMILES string of the molecule is Cn1ncc2c(=O)n(Cc3ccc(N)cc3Br)cnc21. The van der Waals surface area contributed by atoms with Crippen LogP contribution < -0.4 is 11.3 Å². The molecule has 0 spiro atoms. The van der Waals surface area contributed by atoms with E-state index in [1.807, 2.05) is 12.1 Å². The summed E-state index contributed by atoms with van der Waals surface area (Å²) in [6.45, 7) is 0.428. The van der Waals surface area contributed by atoms with Crippen LogP contribution in [0.15, 0.2) is 40.0 Å². The van der Waals surface area contributed by atoms with Crippen LogP contribution >= 0.6 is 15.9 Å². The van der Waals surface area contributed by atoms with E-state index in [0.717, 1.165) is 10.0 Å². The van der Waals surface area contributed by atoms with E-state index < -0.39 is 0 Å². The van der Waals surface area contributed by atoms with E-state index in [4.69, 9.17) is 5.73 Å². The van der Waals surface area contributed by atoms with Crippen molar-refractivity contribution in [1.29, 1.82) is 0 Å². The Morgan fingerprint density at radius 1 is 1.40 bits per heavy atom. The monoisotopic (exact) mass is 333 g/mol. The van der Waals surface area contributed by atoms with Gasteiger partial charge in [0.15, 0.2) is 5.65 Å². The number of hydrogen-bond donors (Lipinski definition) is 1. The van der Waals surface area contributed by atoms with Gasteiger partial charge in [-0.05, 0) is 17.7 Å². The Balaban J connectivity index is 2.07. The molecule has 0 fully saturated rings. The van der Waals surface area contributed by atoms with E-state index in [-0.39, 0.29) is 5.56 Å². The van der Waals surface area contributed by atoms with Crippen LogP contribution in [0.25, 0.3) is 11.0 Å². The number of hydrogen-bond acceptors (Lipinski definition) is 4. The summed E-state index contributed by atoms with van der Waals surface area (Å²) < 4.78 is 4.01. The van der Waals surface area contributed by atoms with Crippen molar-refractivity contribution >= 4 is 32.7 Å². The zero-order valence-corrected chi connectivity index (χ0v) is 12.3. The first-order valence-corrected chi connectivity index (χ1v) is 6.76. The van der Waals surface area contributed by atoms with E-state index in [2.05, 4.69) is 26.0 Å². The van der Waals surface area contributed by atoms with Gasteiger partial charge in [0.25, 0.3) is 5.56 Å². The molecular formula is C13H12BrN5O. The quantitative estimate of drug-likeness (QED) is 0.721. The Kier molecular flexibility index (Phi) is 3.06. The molecule has 20 heavy (non-hydrogen) atoms. The molecule has 0 saturated heterocycles. The molecule has 3 rings (SSSR count). The smallest absolute Gasteiger partial charge is 0.264 e. The van der Waals surface area contributed by atoms with Gasteiger partial charge in [-0.15, -0.1) is 0 Å². The molecule has 0 radical (unpaired) electrons. The average Bonchev–Trinajstić information content (AvgIpc) is 2.78. The summed E-state index contributed by atoms with van der Waals surface area (Å²) in [6.07, 6.45) is 3.08. The Morgan fingerprint density at radius 2 is 2.20 bits per heavy atom. The van der Waals surface area contributed by atoms with Crippen LogP contribution in [0.1, 0.15) is 5.56 Å². The first-order valence-electron chi connectivity index (χ1n) is 5.97. The van der Waals surface area contributed by atoms with E-state index in [1.54, 1.807) is 28.6 Å². The lowest BCUT2D eigenvalue weighted by Crippen LogP contribution is -2.21. The van der Waals surface area contributed by atoms with E-state index in [1.165, 1.54) is 6.33 Å². The molecule has 3 aromatic rings. The number of fused-ring (bicyclic) bond motifs is 1. The fraction of sp³-hybridized carbons (Fsp3) is 0.154. The van der Waals surface area contributed by atoms with Crippen LogP contribution in [0, 0.1) is 0 Å². The molecule has 0 unspecified atom stereocenters. The predicted molar refractivity (Wildman–Crippen MR) is 80.4 cm³/mol. The van der Waals surface area contributed by atoms with Crippen molar-refractivity contribution < 1.29 is 0 Å². The number of aromatic nitrogens is 4. The number of benzene rings is 1. The molecule has 2 aromatic heterocycles. The van der Waals surface area contributed by atoms with Gasteiger partial charge in [-0.1, -0.05) is 22.0 Å². The standard InChI is InChI=1S/C13H12BrN5O/c1-18-12-10(5-17-18)13(20)19(7-16-12)6-8-2-3-9(15)4-11(8)14/h2-5,7H,6,15H2,1H3. The maximum absolute atomic E-state index is 12.4. The largest absolute Gasteiger partial charge is 0.399 e. The van der Waals surface area contributed by atoms with Crippen LogP contribution in [0.4, 0.5) is 5.69 Å². The fourth-order valence-corrected chi connectivity index (χ4v) is 2.58. The predicted octanol–water partition coefficient (Wildman–Crippen LogP) is 1.52. The van der Waals surface area contributed by atoms with Crippen molar-refractivity contribution in [2.45, 2.75) is 6.54 Å². The lowest BCUT2D eigenvalue weighted by molar-refractivity contribution is 0.735. The zero-order chi connectivity index (χ0) is 14.3. The number of halogens is 1. The summed E-state index contributed by atoms with van der Waals surface area (Å²) in [5.41, 5.74) is 7.83. The van der Waals surface area contributed by atoms with Crippen molar-refractivity contribution in [3.05, 3.63) is 51.1 Å². The lowest BCUT2D eigenvalue weighted by atomic mass is 10.2. The van der Waals surface area contributed by atoms with E-state index in [9.17, 15) is 4.79 Å². The van der Waals surface area contributed by atoms with Gasteiger partial charge in [0, 0.05) is 17.2 Å². The molecule has 0 atom stereocenters. The Labute approximate surface area is 123 Å². The number of anilines is 1. The molecule has 0 bridgehead atoms. The highest BCUT2D eigenvalue weighted by Gasteiger charge is 2.09.